The maximum Gasteiger partial charge on any atom is 0.305 e. The predicted molar refractivity (Wildman–Crippen MR) is 123 cm³/mol. The molecular weight excluding hydrogens is 358 g/mol. The molecule has 158 valence electrons. The number of hydrogen-bond donors (Lipinski definition) is 0. The van der Waals surface area contributed by atoms with Gasteiger partial charge in [0.25, 0.3) is 0 Å². The minimum atomic E-state index is -0.0827. The summed E-state index contributed by atoms with van der Waals surface area (Å²) in [6, 6.07) is 13.9. The molecule has 3 nitrogen and oxygen atoms in total. The summed E-state index contributed by atoms with van der Waals surface area (Å²) in [5.41, 5.74) is 3.12. The summed E-state index contributed by atoms with van der Waals surface area (Å²) in [6.45, 7) is 8.32. The quantitative estimate of drug-likeness (QED) is 0.334. The predicted octanol–water partition coefficient (Wildman–Crippen LogP) is 6.62. The van der Waals surface area contributed by atoms with Crippen LogP contribution in [0.5, 0.6) is 0 Å². The number of carbonyl (C=O) groups is 1. The molecule has 0 spiro atoms. The van der Waals surface area contributed by atoms with Crippen molar-refractivity contribution in [2.24, 2.45) is 0 Å². The second kappa shape index (κ2) is 9.65. The van der Waals surface area contributed by atoms with E-state index in [2.05, 4.69) is 66.8 Å². The molecule has 0 saturated heterocycles. The van der Waals surface area contributed by atoms with Crippen molar-refractivity contribution in [3.05, 3.63) is 42.0 Å². The summed E-state index contributed by atoms with van der Waals surface area (Å²) in [5, 5.41) is 2.76. The fraction of sp³-hybridized carbons (Fsp3) is 0.577. The Balaban J connectivity index is 1.49. The fourth-order valence-corrected chi connectivity index (χ4v) is 4.84. The van der Waals surface area contributed by atoms with E-state index in [1.807, 2.05) is 0 Å². The molecule has 1 aliphatic heterocycles. The number of rotatable bonds is 10. The van der Waals surface area contributed by atoms with Gasteiger partial charge in [-0.05, 0) is 42.2 Å². The number of unbranched alkanes of at least 4 members (excludes halogenated alkanes) is 6. The van der Waals surface area contributed by atoms with E-state index in [1.54, 1.807) is 0 Å². The summed E-state index contributed by atoms with van der Waals surface area (Å²) >= 11 is 0. The Morgan fingerprint density at radius 1 is 0.966 bits per heavy atom. The molecule has 0 bridgehead atoms. The van der Waals surface area contributed by atoms with E-state index in [0.29, 0.717) is 12.5 Å². The Bertz CT molecular complexity index is 827. The topological polar surface area (TPSA) is 29.5 Å². The number of benzene rings is 2. The maximum absolute atomic E-state index is 11.1. The van der Waals surface area contributed by atoms with Crippen molar-refractivity contribution in [3.8, 4) is 0 Å². The van der Waals surface area contributed by atoms with Crippen LogP contribution in [0.1, 0.15) is 77.7 Å². The van der Waals surface area contributed by atoms with Crippen LogP contribution in [0.15, 0.2) is 36.4 Å². The second-order valence-corrected chi connectivity index (χ2v) is 9.07. The number of anilines is 1. The van der Waals surface area contributed by atoms with Gasteiger partial charge >= 0.3 is 5.97 Å². The lowest BCUT2D eigenvalue weighted by Crippen LogP contribution is -2.39. The number of esters is 1. The average Bonchev–Trinajstić information content (AvgIpc) is 2.92. The first-order valence-corrected chi connectivity index (χ1v) is 11.3. The number of fused-ring (bicyclic) bond motifs is 3. The van der Waals surface area contributed by atoms with Crippen molar-refractivity contribution in [2.45, 2.75) is 83.6 Å². The Hall–Kier alpha value is -2.03. The highest BCUT2D eigenvalue weighted by molar-refractivity contribution is 5.93. The van der Waals surface area contributed by atoms with Crippen molar-refractivity contribution in [1.29, 1.82) is 0 Å². The molecule has 2 aromatic rings. The van der Waals surface area contributed by atoms with Gasteiger partial charge in [0.05, 0.1) is 7.11 Å². The highest BCUT2D eigenvalue weighted by atomic mass is 16.5. The Morgan fingerprint density at radius 2 is 1.62 bits per heavy atom. The molecule has 0 saturated carbocycles. The van der Waals surface area contributed by atoms with Gasteiger partial charge in [-0.3, -0.25) is 4.79 Å². The minimum absolute atomic E-state index is 0.0827. The molecule has 1 heterocycles. The third-order valence-corrected chi connectivity index (χ3v) is 6.88. The summed E-state index contributed by atoms with van der Waals surface area (Å²) < 4.78 is 4.69. The standard InChI is InChI=1S/C26H37NO2/c1-20-26(2,3)25-22-15-12-11-14-21(22)17-18-23(25)27(20)19-13-9-7-5-6-8-10-16-24(28)29-4/h11-12,14-15,17-18,20H,5-10,13,16,19H2,1-4H3. The molecule has 3 heteroatoms. The summed E-state index contributed by atoms with van der Waals surface area (Å²) in [4.78, 5) is 13.8. The van der Waals surface area contributed by atoms with Crippen LogP contribution in [0.25, 0.3) is 10.8 Å². The van der Waals surface area contributed by atoms with Gasteiger partial charge in [0.15, 0.2) is 0 Å². The van der Waals surface area contributed by atoms with E-state index in [4.69, 9.17) is 0 Å². The van der Waals surface area contributed by atoms with Gasteiger partial charge in [-0.15, -0.1) is 0 Å². The van der Waals surface area contributed by atoms with Gasteiger partial charge in [-0.2, -0.15) is 0 Å². The van der Waals surface area contributed by atoms with Gasteiger partial charge in [0.2, 0.25) is 0 Å². The molecule has 3 rings (SSSR count). The van der Waals surface area contributed by atoms with Crippen LogP contribution in [0.2, 0.25) is 0 Å². The molecule has 0 amide bonds. The summed E-state index contributed by atoms with van der Waals surface area (Å²) in [7, 11) is 1.46. The fourth-order valence-electron chi connectivity index (χ4n) is 4.84. The highest BCUT2D eigenvalue weighted by Crippen LogP contribution is 2.48. The zero-order chi connectivity index (χ0) is 20.9. The third-order valence-electron chi connectivity index (χ3n) is 6.88. The molecule has 0 aliphatic carbocycles. The molecule has 0 fully saturated rings. The molecule has 29 heavy (non-hydrogen) atoms. The van der Waals surface area contributed by atoms with Crippen molar-refractivity contribution >= 4 is 22.4 Å². The second-order valence-electron chi connectivity index (χ2n) is 9.07. The maximum atomic E-state index is 11.1. The van der Waals surface area contributed by atoms with E-state index in [0.717, 1.165) is 19.4 Å². The number of carbonyl (C=O) groups excluding carboxylic acids is 1. The monoisotopic (exact) mass is 395 g/mol. The summed E-state index contributed by atoms with van der Waals surface area (Å²) in [6.07, 6.45) is 8.95. The van der Waals surface area contributed by atoms with Crippen molar-refractivity contribution in [3.63, 3.8) is 0 Å². The number of methoxy groups -OCH3 is 1. The highest BCUT2D eigenvalue weighted by Gasteiger charge is 2.42. The number of hydrogen-bond acceptors (Lipinski definition) is 3. The van der Waals surface area contributed by atoms with Crippen LogP contribution >= 0.6 is 0 Å². The number of nitrogens with zero attached hydrogens (tertiary/aromatic N) is 1. The molecular formula is C26H37NO2. The van der Waals surface area contributed by atoms with Crippen molar-refractivity contribution < 1.29 is 9.53 Å². The van der Waals surface area contributed by atoms with Crippen LogP contribution in [-0.2, 0) is 14.9 Å². The Morgan fingerprint density at radius 3 is 2.34 bits per heavy atom. The molecule has 1 unspecified atom stereocenters. The minimum Gasteiger partial charge on any atom is -0.469 e. The Labute approximate surface area is 176 Å². The van der Waals surface area contributed by atoms with E-state index in [9.17, 15) is 4.79 Å². The lowest BCUT2D eigenvalue weighted by atomic mass is 9.79. The van der Waals surface area contributed by atoms with Crippen LogP contribution in [0.3, 0.4) is 0 Å². The van der Waals surface area contributed by atoms with Crippen LogP contribution in [-0.4, -0.2) is 25.7 Å². The molecule has 0 aromatic heterocycles. The SMILES string of the molecule is COC(=O)CCCCCCCCCN1c2ccc3ccccc3c2C(C)(C)C1C. The molecule has 0 N–H and O–H groups in total. The number of ether oxygens (including phenoxy) is 1. The molecule has 1 atom stereocenters. The van der Waals surface area contributed by atoms with Crippen LogP contribution < -0.4 is 4.90 Å². The van der Waals surface area contributed by atoms with Crippen molar-refractivity contribution in [1.82, 2.24) is 0 Å². The Kier molecular flexibility index (Phi) is 7.21. The largest absolute Gasteiger partial charge is 0.469 e. The van der Waals surface area contributed by atoms with E-state index < -0.39 is 0 Å². The van der Waals surface area contributed by atoms with Gasteiger partial charge in [0, 0.05) is 30.1 Å². The first kappa shape index (κ1) is 21.7. The molecule has 0 radical (unpaired) electrons. The average molecular weight is 396 g/mol. The normalized spacial score (nSPS) is 17.5. The molecule has 2 aromatic carbocycles. The first-order chi connectivity index (χ1) is 14.0. The van der Waals surface area contributed by atoms with E-state index >= 15 is 0 Å². The summed E-state index contributed by atoms with van der Waals surface area (Å²) in [5.74, 6) is -0.0827. The lowest BCUT2D eigenvalue weighted by Gasteiger charge is -2.31. The van der Waals surface area contributed by atoms with Gasteiger partial charge in [-0.1, -0.05) is 76.3 Å². The van der Waals surface area contributed by atoms with Gasteiger partial charge in [-0.25, -0.2) is 0 Å². The van der Waals surface area contributed by atoms with Crippen molar-refractivity contribution in [2.75, 3.05) is 18.6 Å². The zero-order valence-electron chi connectivity index (χ0n) is 18.7. The zero-order valence-corrected chi connectivity index (χ0v) is 18.7. The van der Waals surface area contributed by atoms with E-state index in [-0.39, 0.29) is 11.4 Å². The first-order valence-electron chi connectivity index (χ1n) is 11.3. The lowest BCUT2D eigenvalue weighted by molar-refractivity contribution is -0.140. The third kappa shape index (κ3) is 4.76. The van der Waals surface area contributed by atoms with Gasteiger partial charge in [0.1, 0.15) is 0 Å². The molecule has 1 aliphatic rings. The van der Waals surface area contributed by atoms with Gasteiger partial charge < -0.3 is 9.64 Å². The van der Waals surface area contributed by atoms with Crippen LogP contribution in [0, 0.1) is 0 Å². The van der Waals surface area contributed by atoms with E-state index in [1.165, 1.54) is 61.2 Å². The smallest absolute Gasteiger partial charge is 0.305 e. The van der Waals surface area contributed by atoms with Crippen LogP contribution in [0.4, 0.5) is 5.69 Å².